The number of hydrogen-bond donors (Lipinski definition) is 2. The lowest BCUT2D eigenvalue weighted by Gasteiger charge is -2.29. The van der Waals surface area contributed by atoms with Gasteiger partial charge in [-0.25, -0.2) is 0 Å². The van der Waals surface area contributed by atoms with E-state index in [9.17, 15) is 9.90 Å². The van der Waals surface area contributed by atoms with E-state index in [0.29, 0.717) is 18.8 Å². The van der Waals surface area contributed by atoms with E-state index in [-0.39, 0.29) is 12.5 Å². The monoisotopic (exact) mass is 319 g/mol. The number of nitrogens with one attached hydrogen (secondary N) is 1. The molecule has 1 aromatic heterocycles. The van der Waals surface area contributed by atoms with Gasteiger partial charge in [0, 0.05) is 24.7 Å². The Kier molecular flexibility index (Phi) is 5.12. The van der Waals surface area contributed by atoms with E-state index in [1.807, 2.05) is 39.8 Å². The first-order chi connectivity index (χ1) is 10.8. The van der Waals surface area contributed by atoms with Crippen molar-refractivity contribution in [1.82, 2.24) is 5.32 Å². The predicted molar refractivity (Wildman–Crippen MR) is 89.9 cm³/mol. The van der Waals surface area contributed by atoms with Gasteiger partial charge in [-0.1, -0.05) is 12.1 Å². The summed E-state index contributed by atoms with van der Waals surface area (Å²) in [5.74, 6) is 0.0307. The number of furan rings is 1. The van der Waals surface area contributed by atoms with Crippen LogP contribution in [-0.4, -0.2) is 36.9 Å². The van der Waals surface area contributed by atoms with E-state index < -0.39 is 5.54 Å². The molecule has 1 atom stereocenters. The van der Waals surface area contributed by atoms with Crippen molar-refractivity contribution in [3.05, 3.63) is 34.6 Å². The molecular formula is C18H25NO4. The summed E-state index contributed by atoms with van der Waals surface area (Å²) in [6.07, 6.45) is 0.407. The van der Waals surface area contributed by atoms with Crippen LogP contribution >= 0.6 is 0 Å². The maximum atomic E-state index is 12.7. The Morgan fingerprint density at radius 2 is 1.96 bits per heavy atom. The van der Waals surface area contributed by atoms with Gasteiger partial charge in [-0.05, 0) is 45.2 Å². The minimum absolute atomic E-state index is 0.0303. The summed E-state index contributed by atoms with van der Waals surface area (Å²) in [4.78, 5) is 12.7. The SMILES string of the molecule is COCC(C)(CCO)NC(=O)c1oc2c(C)ccc(C)c2c1C. The summed E-state index contributed by atoms with van der Waals surface area (Å²) in [5.41, 5.74) is 3.03. The molecule has 0 aliphatic carbocycles. The summed E-state index contributed by atoms with van der Waals surface area (Å²) in [6, 6.07) is 4.02. The van der Waals surface area contributed by atoms with Gasteiger partial charge in [0.2, 0.25) is 0 Å². The fourth-order valence-electron chi connectivity index (χ4n) is 2.96. The first-order valence-corrected chi connectivity index (χ1v) is 7.74. The topological polar surface area (TPSA) is 71.7 Å². The van der Waals surface area contributed by atoms with Crippen molar-refractivity contribution in [2.75, 3.05) is 20.3 Å². The van der Waals surface area contributed by atoms with Crippen LogP contribution in [0.15, 0.2) is 16.5 Å². The minimum Gasteiger partial charge on any atom is -0.450 e. The fraction of sp³-hybridized carbons (Fsp3) is 0.500. The molecule has 5 heteroatoms. The van der Waals surface area contributed by atoms with Crippen LogP contribution in [0.3, 0.4) is 0 Å². The summed E-state index contributed by atoms with van der Waals surface area (Å²) in [5, 5.41) is 13.1. The zero-order valence-electron chi connectivity index (χ0n) is 14.4. The second kappa shape index (κ2) is 6.72. The third kappa shape index (κ3) is 3.41. The number of rotatable bonds is 6. The maximum absolute atomic E-state index is 12.7. The molecule has 1 amide bonds. The highest BCUT2D eigenvalue weighted by Gasteiger charge is 2.29. The van der Waals surface area contributed by atoms with E-state index >= 15 is 0 Å². The zero-order valence-corrected chi connectivity index (χ0v) is 14.4. The second-order valence-corrected chi connectivity index (χ2v) is 6.38. The Morgan fingerprint density at radius 1 is 1.30 bits per heavy atom. The average Bonchev–Trinajstić information content (AvgIpc) is 2.82. The molecule has 0 saturated heterocycles. The average molecular weight is 319 g/mol. The number of aryl methyl sites for hydroxylation is 3. The molecule has 1 aromatic carbocycles. The Bertz CT molecular complexity index is 711. The Labute approximate surface area is 136 Å². The number of methoxy groups -OCH3 is 1. The van der Waals surface area contributed by atoms with Gasteiger partial charge in [0.15, 0.2) is 5.76 Å². The van der Waals surface area contributed by atoms with Crippen molar-refractivity contribution in [3.8, 4) is 0 Å². The highest BCUT2D eigenvalue weighted by molar-refractivity contribution is 6.00. The molecule has 2 N–H and O–H groups in total. The molecule has 2 aromatic rings. The number of aliphatic hydroxyl groups excluding tert-OH is 1. The highest BCUT2D eigenvalue weighted by atomic mass is 16.5. The molecular weight excluding hydrogens is 294 g/mol. The largest absolute Gasteiger partial charge is 0.450 e. The molecule has 0 fully saturated rings. The molecule has 2 rings (SSSR count). The number of carbonyl (C=O) groups is 1. The highest BCUT2D eigenvalue weighted by Crippen LogP contribution is 2.30. The van der Waals surface area contributed by atoms with E-state index in [1.165, 1.54) is 0 Å². The predicted octanol–water partition coefficient (Wildman–Crippen LogP) is 2.88. The maximum Gasteiger partial charge on any atom is 0.287 e. The number of carbonyl (C=O) groups excluding carboxylic acids is 1. The lowest BCUT2D eigenvalue weighted by molar-refractivity contribution is 0.0704. The van der Waals surface area contributed by atoms with Crippen LogP contribution in [0.4, 0.5) is 0 Å². The van der Waals surface area contributed by atoms with Crippen molar-refractivity contribution in [2.45, 2.75) is 39.7 Å². The molecule has 126 valence electrons. The molecule has 1 heterocycles. The second-order valence-electron chi connectivity index (χ2n) is 6.38. The Hall–Kier alpha value is -1.85. The van der Waals surface area contributed by atoms with Crippen LogP contribution < -0.4 is 5.32 Å². The number of aliphatic hydroxyl groups is 1. The fourth-order valence-corrected chi connectivity index (χ4v) is 2.96. The van der Waals surface area contributed by atoms with Crippen LogP contribution in [0.1, 0.15) is 40.6 Å². The Balaban J connectivity index is 2.40. The van der Waals surface area contributed by atoms with Crippen molar-refractivity contribution in [1.29, 1.82) is 0 Å². The summed E-state index contributed by atoms with van der Waals surface area (Å²) in [7, 11) is 1.57. The van der Waals surface area contributed by atoms with Crippen LogP contribution in [-0.2, 0) is 4.74 Å². The number of fused-ring (bicyclic) bond motifs is 1. The molecule has 0 spiro atoms. The number of hydrogen-bond acceptors (Lipinski definition) is 4. The quantitative estimate of drug-likeness (QED) is 0.859. The third-order valence-corrected chi connectivity index (χ3v) is 4.23. The van der Waals surface area contributed by atoms with E-state index in [2.05, 4.69) is 5.32 Å². The van der Waals surface area contributed by atoms with Crippen molar-refractivity contribution < 1.29 is 19.1 Å². The lowest BCUT2D eigenvalue weighted by Crippen LogP contribution is -2.50. The molecule has 0 aliphatic heterocycles. The normalized spacial score (nSPS) is 14.0. The molecule has 0 radical (unpaired) electrons. The molecule has 5 nitrogen and oxygen atoms in total. The first-order valence-electron chi connectivity index (χ1n) is 7.74. The van der Waals surface area contributed by atoms with Gasteiger partial charge in [-0.3, -0.25) is 4.79 Å². The van der Waals surface area contributed by atoms with E-state index in [1.54, 1.807) is 7.11 Å². The van der Waals surface area contributed by atoms with Crippen LogP contribution in [0.5, 0.6) is 0 Å². The van der Waals surface area contributed by atoms with Gasteiger partial charge in [0.25, 0.3) is 5.91 Å². The molecule has 0 bridgehead atoms. The Morgan fingerprint density at radius 3 is 2.52 bits per heavy atom. The number of ether oxygens (including phenoxy) is 1. The third-order valence-electron chi connectivity index (χ3n) is 4.23. The summed E-state index contributed by atoms with van der Waals surface area (Å²) in [6.45, 7) is 8.00. The number of benzene rings is 1. The van der Waals surface area contributed by atoms with Gasteiger partial charge in [0.05, 0.1) is 12.1 Å². The zero-order chi connectivity index (χ0) is 17.2. The van der Waals surface area contributed by atoms with E-state index in [4.69, 9.17) is 9.15 Å². The lowest BCUT2D eigenvalue weighted by atomic mass is 9.98. The standard InChI is InChI=1S/C18H25NO4/c1-11-6-7-12(2)15-14(11)13(3)16(23-15)17(21)19-18(4,8-9-20)10-22-5/h6-7,20H,8-10H2,1-5H3,(H,19,21). The van der Waals surface area contributed by atoms with Gasteiger partial charge < -0.3 is 19.6 Å². The molecule has 0 aliphatic rings. The summed E-state index contributed by atoms with van der Waals surface area (Å²) < 4.78 is 11.0. The van der Waals surface area contributed by atoms with Gasteiger partial charge >= 0.3 is 0 Å². The van der Waals surface area contributed by atoms with Gasteiger partial charge in [-0.15, -0.1) is 0 Å². The van der Waals surface area contributed by atoms with Crippen molar-refractivity contribution in [2.24, 2.45) is 0 Å². The van der Waals surface area contributed by atoms with Gasteiger partial charge in [0.1, 0.15) is 5.58 Å². The summed E-state index contributed by atoms with van der Waals surface area (Å²) >= 11 is 0. The van der Waals surface area contributed by atoms with Crippen molar-refractivity contribution >= 4 is 16.9 Å². The molecule has 23 heavy (non-hydrogen) atoms. The van der Waals surface area contributed by atoms with E-state index in [0.717, 1.165) is 27.7 Å². The number of amides is 1. The smallest absolute Gasteiger partial charge is 0.287 e. The minimum atomic E-state index is -0.643. The van der Waals surface area contributed by atoms with Crippen LogP contribution in [0.25, 0.3) is 11.0 Å². The van der Waals surface area contributed by atoms with Crippen molar-refractivity contribution in [3.63, 3.8) is 0 Å². The van der Waals surface area contributed by atoms with Crippen LogP contribution in [0.2, 0.25) is 0 Å². The van der Waals surface area contributed by atoms with Crippen LogP contribution in [0, 0.1) is 20.8 Å². The molecule has 0 saturated carbocycles. The van der Waals surface area contributed by atoms with Gasteiger partial charge in [-0.2, -0.15) is 0 Å². The molecule has 1 unspecified atom stereocenters. The first kappa shape index (κ1) is 17.5.